The van der Waals surface area contributed by atoms with Gasteiger partial charge < -0.3 is 10.1 Å². The normalized spacial score (nSPS) is 11.4. The van der Waals surface area contributed by atoms with Gasteiger partial charge in [0.1, 0.15) is 0 Å². The van der Waals surface area contributed by atoms with Crippen molar-refractivity contribution >= 4 is 38.7 Å². The van der Waals surface area contributed by atoms with E-state index < -0.39 is 5.97 Å². The number of H-pyrrole nitrogens is 1. The Balaban J connectivity index is 2.05. The van der Waals surface area contributed by atoms with Gasteiger partial charge >= 0.3 is 5.97 Å². The number of nitrogens with one attached hydrogen (secondary N) is 1. The average molecular weight is 308 g/mol. The number of aromatic amines is 1. The van der Waals surface area contributed by atoms with Crippen LogP contribution in [0.4, 0.5) is 0 Å². The molecule has 0 saturated heterocycles. The van der Waals surface area contributed by atoms with Crippen molar-refractivity contribution in [2.75, 3.05) is 0 Å². The first-order valence-electron chi connectivity index (χ1n) is 5.50. The van der Waals surface area contributed by atoms with Gasteiger partial charge in [-0.1, -0.05) is 15.9 Å². The van der Waals surface area contributed by atoms with Crippen LogP contribution in [0.2, 0.25) is 0 Å². The Morgan fingerprint density at radius 2 is 2.33 bits per heavy atom. The molecule has 2 aromatic heterocycles. The van der Waals surface area contributed by atoms with Crippen molar-refractivity contribution in [1.29, 1.82) is 0 Å². The van der Waals surface area contributed by atoms with E-state index in [-0.39, 0.29) is 6.42 Å². The first kappa shape index (κ1) is 11.3. The second kappa shape index (κ2) is 4.13. The largest absolute Gasteiger partial charge is 0.481 e. The van der Waals surface area contributed by atoms with Crippen molar-refractivity contribution < 1.29 is 9.90 Å². The van der Waals surface area contributed by atoms with Crippen LogP contribution in [-0.4, -0.2) is 25.4 Å². The van der Waals surface area contributed by atoms with Crippen LogP contribution >= 0.6 is 15.9 Å². The van der Waals surface area contributed by atoms with Crippen molar-refractivity contribution in [3.63, 3.8) is 0 Å². The molecule has 1 aromatic carbocycles. The Labute approximate surface area is 111 Å². The first-order chi connectivity index (χ1) is 8.63. The highest BCUT2D eigenvalue weighted by Crippen LogP contribution is 2.21. The van der Waals surface area contributed by atoms with Gasteiger partial charge in [-0.3, -0.25) is 9.20 Å². The molecular weight excluding hydrogens is 298 g/mol. The summed E-state index contributed by atoms with van der Waals surface area (Å²) in [5, 5.41) is 8.66. The van der Waals surface area contributed by atoms with Gasteiger partial charge in [0.2, 0.25) is 5.78 Å². The summed E-state index contributed by atoms with van der Waals surface area (Å²) in [4.78, 5) is 18.1. The average Bonchev–Trinajstić information content (AvgIpc) is 2.82. The molecule has 0 bridgehead atoms. The molecule has 2 N–H and O–H groups in total. The van der Waals surface area contributed by atoms with Gasteiger partial charge in [-0.15, -0.1) is 0 Å². The summed E-state index contributed by atoms with van der Waals surface area (Å²) < 4.78 is 2.93. The Hall–Kier alpha value is -1.82. The minimum atomic E-state index is -0.795. The van der Waals surface area contributed by atoms with Crippen LogP contribution in [0, 0.1) is 0 Å². The lowest BCUT2D eigenvalue weighted by atomic mass is 10.2. The van der Waals surface area contributed by atoms with Crippen LogP contribution in [0.3, 0.4) is 0 Å². The van der Waals surface area contributed by atoms with Gasteiger partial charge in [0.15, 0.2) is 0 Å². The number of aliphatic carboxylic acids is 1. The zero-order valence-corrected chi connectivity index (χ0v) is 10.9. The maximum Gasteiger partial charge on any atom is 0.303 e. The number of aromatic nitrogens is 3. The molecule has 0 saturated carbocycles. The molecule has 0 amide bonds. The first-order valence-corrected chi connectivity index (χ1v) is 6.30. The maximum atomic E-state index is 10.5. The number of benzene rings is 1. The van der Waals surface area contributed by atoms with Gasteiger partial charge in [0.25, 0.3) is 0 Å². The third-order valence-corrected chi connectivity index (χ3v) is 3.31. The van der Waals surface area contributed by atoms with Crippen LogP contribution in [-0.2, 0) is 11.2 Å². The molecule has 0 unspecified atom stereocenters. The number of hydrogen-bond donors (Lipinski definition) is 2. The molecule has 6 heteroatoms. The lowest BCUT2D eigenvalue weighted by molar-refractivity contribution is -0.136. The Morgan fingerprint density at radius 1 is 1.50 bits per heavy atom. The van der Waals surface area contributed by atoms with E-state index in [1.54, 1.807) is 0 Å². The summed E-state index contributed by atoms with van der Waals surface area (Å²) in [5.74, 6) is -0.0560. The third kappa shape index (κ3) is 1.88. The van der Waals surface area contributed by atoms with Crippen LogP contribution in [0.15, 0.2) is 28.9 Å². The van der Waals surface area contributed by atoms with E-state index in [1.807, 2.05) is 28.8 Å². The summed E-state index contributed by atoms with van der Waals surface area (Å²) in [6.07, 6.45) is 2.51. The number of carboxylic acid groups (broad SMARTS) is 1. The third-order valence-electron chi connectivity index (χ3n) is 2.82. The van der Waals surface area contributed by atoms with Crippen molar-refractivity contribution in [3.05, 3.63) is 34.6 Å². The predicted molar refractivity (Wildman–Crippen MR) is 70.7 cm³/mol. The fraction of sp³-hybridized carbons (Fsp3) is 0.167. The second-order valence-electron chi connectivity index (χ2n) is 4.11. The molecule has 3 rings (SSSR count). The SMILES string of the molecule is O=C(O)CCc1cn2c(nc3cc(Br)ccc32)[nH]1. The molecule has 0 aliphatic rings. The molecule has 2 heterocycles. The Morgan fingerprint density at radius 3 is 3.11 bits per heavy atom. The molecule has 5 nitrogen and oxygen atoms in total. The lowest BCUT2D eigenvalue weighted by Gasteiger charge is -1.93. The van der Waals surface area contributed by atoms with Gasteiger partial charge in [0, 0.05) is 16.4 Å². The quantitative estimate of drug-likeness (QED) is 0.781. The van der Waals surface area contributed by atoms with Crippen molar-refractivity contribution in [2.24, 2.45) is 0 Å². The topological polar surface area (TPSA) is 70.4 Å². The standard InChI is InChI=1S/C12H10BrN3O2/c13-7-1-3-10-9(5-7)15-12-14-8(6-16(10)12)2-4-11(17)18/h1,3,5-6H,2,4H2,(H,14,15)(H,17,18). The van der Waals surface area contributed by atoms with Crippen molar-refractivity contribution in [1.82, 2.24) is 14.4 Å². The number of carboxylic acids is 1. The van der Waals surface area contributed by atoms with E-state index in [4.69, 9.17) is 5.11 Å². The fourth-order valence-electron chi connectivity index (χ4n) is 1.99. The number of imidazole rings is 2. The molecule has 0 aliphatic heterocycles. The second-order valence-corrected chi connectivity index (χ2v) is 5.03. The van der Waals surface area contributed by atoms with Crippen LogP contribution < -0.4 is 0 Å². The number of nitrogens with zero attached hydrogens (tertiary/aromatic N) is 2. The van der Waals surface area contributed by atoms with Crippen LogP contribution in [0.25, 0.3) is 16.8 Å². The molecule has 3 aromatic rings. The Kier molecular flexibility index (Phi) is 2.59. The molecule has 18 heavy (non-hydrogen) atoms. The number of aryl methyl sites for hydroxylation is 1. The summed E-state index contributed by atoms with van der Waals surface area (Å²) in [5.41, 5.74) is 2.79. The smallest absolute Gasteiger partial charge is 0.303 e. The molecule has 0 radical (unpaired) electrons. The summed E-state index contributed by atoms with van der Waals surface area (Å²) >= 11 is 3.41. The predicted octanol–water partition coefficient (Wildman–Crippen LogP) is 2.60. The highest BCUT2D eigenvalue weighted by Gasteiger charge is 2.09. The summed E-state index contributed by atoms with van der Waals surface area (Å²) in [7, 11) is 0. The minimum absolute atomic E-state index is 0.118. The van der Waals surface area contributed by atoms with E-state index in [9.17, 15) is 4.79 Å². The number of halogens is 1. The van der Waals surface area contributed by atoms with Crippen LogP contribution in [0.1, 0.15) is 12.1 Å². The van der Waals surface area contributed by atoms with Crippen molar-refractivity contribution in [3.8, 4) is 0 Å². The number of fused-ring (bicyclic) bond motifs is 3. The fourth-order valence-corrected chi connectivity index (χ4v) is 2.34. The van der Waals surface area contributed by atoms with E-state index in [0.717, 1.165) is 27.0 Å². The summed E-state index contributed by atoms with van der Waals surface area (Å²) in [6.45, 7) is 0. The number of carbonyl (C=O) groups is 1. The molecule has 0 atom stereocenters. The van der Waals surface area contributed by atoms with E-state index in [0.29, 0.717) is 6.42 Å². The summed E-state index contributed by atoms with van der Waals surface area (Å²) in [6, 6.07) is 5.89. The monoisotopic (exact) mass is 307 g/mol. The molecule has 0 fully saturated rings. The number of rotatable bonds is 3. The van der Waals surface area contributed by atoms with Gasteiger partial charge in [0.05, 0.1) is 17.5 Å². The minimum Gasteiger partial charge on any atom is -0.481 e. The highest BCUT2D eigenvalue weighted by molar-refractivity contribution is 9.10. The van der Waals surface area contributed by atoms with Gasteiger partial charge in [-0.25, -0.2) is 4.98 Å². The van der Waals surface area contributed by atoms with Gasteiger partial charge in [-0.2, -0.15) is 0 Å². The maximum absolute atomic E-state index is 10.5. The molecular formula is C12H10BrN3O2. The van der Waals surface area contributed by atoms with Crippen molar-refractivity contribution in [2.45, 2.75) is 12.8 Å². The van der Waals surface area contributed by atoms with E-state index in [2.05, 4.69) is 25.9 Å². The zero-order chi connectivity index (χ0) is 12.7. The van der Waals surface area contributed by atoms with E-state index in [1.165, 1.54) is 0 Å². The zero-order valence-electron chi connectivity index (χ0n) is 9.35. The molecule has 0 aliphatic carbocycles. The highest BCUT2D eigenvalue weighted by atomic mass is 79.9. The van der Waals surface area contributed by atoms with Gasteiger partial charge in [-0.05, 0) is 24.6 Å². The van der Waals surface area contributed by atoms with Crippen LogP contribution in [0.5, 0.6) is 0 Å². The molecule has 0 spiro atoms. The number of hydrogen-bond acceptors (Lipinski definition) is 2. The lowest BCUT2D eigenvalue weighted by Crippen LogP contribution is -1.97. The Bertz CT molecular complexity index is 744. The molecule has 92 valence electrons. The van der Waals surface area contributed by atoms with E-state index >= 15 is 0 Å².